The zero-order valence-corrected chi connectivity index (χ0v) is 13.5. The van der Waals surface area contributed by atoms with E-state index in [2.05, 4.69) is 0 Å². The molecule has 0 bridgehead atoms. The van der Waals surface area contributed by atoms with Crippen LogP contribution >= 0.6 is 11.8 Å². The first-order valence-electron chi connectivity index (χ1n) is 6.45. The second-order valence-electron chi connectivity index (χ2n) is 4.57. The van der Waals surface area contributed by atoms with E-state index in [-0.39, 0.29) is 9.80 Å². The number of ether oxygens (including phenoxy) is 1. The Labute approximate surface area is 128 Å². The molecule has 0 amide bonds. The molecule has 1 heterocycles. The van der Waals surface area contributed by atoms with Crippen LogP contribution in [0.3, 0.4) is 0 Å². The van der Waals surface area contributed by atoms with E-state index in [4.69, 9.17) is 4.74 Å². The number of nitrogens with zero attached hydrogens (tertiary/aromatic N) is 1. The number of methoxy groups -OCH3 is 1. The number of thioether (sulfide) groups is 1. The van der Waals surface area contributed by atoms with Gasteiger partial charge < -0.3 is 9.64 Å². The number of rotatable bonds is 3. The lowest BCUT2D eigenvalue weighted by Gasteiger charge is -2.28. The topological polar surface area (TPSA) is 63.7 Å². The number of carbonyl (C=O) groups excluding carboxylic acids is 1. The molecule has 5 nitrogen and oxygen atoms in total. The number of esters is 1. The fourth-order valence-corrected chi connectivity index (χ4v) is 4.98. The first-order chi connectivity index (χ1) is 9.98. The van der Waals surface area contributed by atoms with Crippen molar-refractivity contribution in [3.63, 3.8) is 0 Å². The summed E-state index contributed by atoms with van der Waals surface area (Å²) in [6, 6.07) is 7.94. The van der Waals surface area contributed by atoms with Gasteiger partial charge in [0, 0.05) is 19.3 Å². The van der Waals surface area contributed by atoms with Gasteiger partial charge in [-0.25, -0.2) is 13.2 Å². The predicted molar refractivity (Wildman–Crippen MR) is 82.4 cm³/mol. The second kappa shape index (κ2) is 6.53. The molecule has 114 valence electrons. The van der Waals surface area contributed by atoms with Gasteiger partial charge >= 0.3 is 5.97 Å². The predicted octanol–water partition coefficient (Wildman–Crippen LogP) is 1.87. The molecule has 1 aliphatic rings. The van der Waals surface area contributed by atoms with E-state index < -0.39 is 15.8 Å². The zero-order valence-electron chi connectivity index (χ0n) is 11.9. The van der Waals surface area contributed by atoms with Crippen molar-refractivity contribution in [2.45, 2.75) is 11.3 Å². The second-order valence-corrected chi connectivity index (χ2v) is 7.54. The molecule has 2 rings (SSSR count). The van der Waals surface area contributed by atoms with Crippen LogP contribution in [0.2, 0.25) is 0 Å². The highest BCUT2D eigenvalue weighted by Gasteiger charge is 2.34. The molecular weight excluding hydrogens is 310 g/mol. The monoisotopic (exact) mass is 327 g/mol. The molecule has 1 fully saturated rings. The highest BCUT2D eigenvalue weighted by Crippen LogP contribution is 2.33. The zero-order chi connectivity index (χ0) is 15.5. The lowest BCUT2D eigenvalue weighted by Crippen LogP contribution is -2.28. The number of benzene rings is 1. The summed E-state index contributed by atoms with van der Waals surface area (Å²) in [6.45, 7) is 0.715. The normalized spacial score (nSPS) is 18.3. The lowest BCUT2D eigenvalue weighted by atomic mass is 10.4. The van der Waals surface area contributed by atoms with E-state index in [0.717, 1.165) is 12.2 Å². The van der Waals surface area contributed by atoms with Gasteiger partial charge in [0.05, 0.1) is 17.0 Å². The van der Waals surface area contributed by atoms with Crippen molar-refractivity contribution in [2.24, 2.45) is 0 Å². The van der Waals surface area contributed by atoms with Gasteiger partial charge in [-0.15, -0.1) is 11.8 Å². The quantitative estimate of drug-likeness (QED) is 0.624. The molecule has 0 atom stereocenters. The molecule has 0 aromatic heterocycles. The summed E-state index contributed by atoms with van der Waals surface area (Å²) >= 11 is 1.37. The molecule has 0 aliphatic carbocycles. The Morgan fingerprint density at radius 1 is 1.29 bits per heavy atom. The molecule has 0 N–H and O–H groups in total. The Morgan fingerprint density at radius 3 is 2.52 bits per heavy atom. The van der Waals surface area contributed by atoms with Crippen LogP contribution < -0.4 is 0 Å². The van der Waals surface area contributed by atoms with Crippen LogP contribution in [0.5, 0.6) is 0 Å². The van der Waals surface area contributed by atoms with Gasteiger partial charge in [0.25, 0.3) is 0 Å². The van der Waals surface area contributed by atoms with Crippen molar-refractivity contribution in [1.29, 1.82) is 0 Å². The van der Waals surface area contributed by atoms with Gasteiger partial charge in [-0.3, -0.25) is 0 Å². The minimum absolute atomic E-state index is 0.0949. The molecule has 1 aliphatic heterocycles. The molecule has 1 aromatic rings. The van der Waals surface area contributed by atoms with Crippen molar-refractivity contribution < 1.29 is 17.9 Å². The smallest absolute Gasteiger partial charge is 0.352 e. The Balaban J connectivity index is 2.61. The van der Waals surface area contributed by atoms with Gasteiger partial charge in [0.1, 0.15) is 0 Å². The largest absolute Gasteiger partial charge is 0.465 e. The van der Waals surface area contributed by atoms with Crippen LogP contribution in [-0.4, -0.2) is 45.7 Å². The molecule has 0 saturated carbocycles. The summed E-state index contributed by atoms with van der Waals surface area (Å²) in [6.07, 6.45) is 0.949. The number of sulfone groups is 1. The SMILES string of the molecule is COC(=O)/C(=C1\SCCCN1C)S(=O)(=O)c1ccccc1. The third-order valence-corrected chi connectivity index (χ3v) is 6.31. The Hall–Kier alpha value is -1.47. The minimum Gasteiger partial charge on any atom is -0.465 e. The summed E-state index contributed by atoms with van der Waals surface area (Å²) in [5, 5.41) is 0.456. The van der Waals surface area contributed by atoms with Crippen LogP contribution in [-0.2, 0) is 19.4 Å². The molecule has 0 radical (unpaired) electrons. The fraction of sp³-hybridized carbons (Fsp3) is 0.357. The van der Waals surface area contributed by atoms with Crippen molar-refractivity contribution in [3.8, 4) is 0 Å². The first kappa shape index (κ1) is 15.9. The van der Waals surface area contributed by atoms with Gasteiger partial charge in [-0.1, -0.05) is 18.2 Å². The van der Waals surface area contributed by atoms with E-state index in [1.165, 1.54) is 31.0 Å². The van der Waals surface area contributed by atoms with Gasteiger partial charge in [-0.05, 0) is 18.6 Å². The number of carbonyl (C=O) groups is 1. The summed E-state index contributed by atoms with van der Waals surface area (Å²) in [5.41, 5.74) is 0. The van der Waals surface area contributed by atoms with Crippen LogP contribution in [0.4, 0.5) is 0 Å². The Kier molecular flexibility index (Phi) is 4.95. The Morgan fingerprint density at radius 2 is 1.95 bits per heavy atom. The van der Waals surface area contributed by atoms with Crippen molar-refractivity contribution in [3.05, 3.63) is 40.3 Å². The molecule has 21 heavy (non-hydrogen) atoms. The van der Waals surface area contributed by atoms with E-state index in [1.54, 1.807) is 30.1 Å². The van der Waals surface area contributed by atoms with E-state index in [1.807, 2.05) is 0 Å². The summed E-state index contributed by atoms with van der Waals surface area (Å²) in [4.78, 5) is 13.7. The summed E-state index contributed by atoms with van der Waals surface area (Å²) in [5.74, 6) is -0.0418. The maximum absolute atomic E-state index is 12.8. The van der Waals surface area contributed by atoms with Crippen LogP contribution in [0, 0.1) is 0 Å². The highest BCUT2D eigenvalue weighted by molar-refractivity contribution is 8.04. The maximum Gasteiger partial charge on any atom is 0.352 e. The number of hydrogen-bond acceptors (Lipinski definition) is 6. The van der Waals surface area contributed by atoms with E-state index >= 15 is 0 Å². The van der Waals surface area contributed by atoms with E-state index in [9.17, 15) is 13.2 Å². The average Bonchev–Trinajstić information content (AvgIpc) is 2.50. The highest BCUT2D eigenvalue weighted by atomic mass is 32.2. The van der Waals surface area contributed by atoms with Crippen LogP contribution in [0.1, 0.15) is 6.42 Å². The van der Waals surface area contributed by atoms with Crippen LogP contribution in [0.25, 0.3) is 0 Å². The molecule has 1 saturated heterocycles. The third-order valence-electron chi connectivity index (χ3n) is 3.11. The average molecular weight is 327 g/mol. The first-order valence-corrected chi connectivity index (χ1v) is 8.92. The van der Waals surface area contributed by atoms with Crippen molar-refractivity contribution >= 4 is 27.6 Å². The fourth-order valence-electron chi connectivity index (χ4n) is 2.04. The van der Waals surface area contributed by atoms with Crippen LogP contribution in [0.15, 0.2) is 45.2 Å². The molecule has 1 aromatic carbocycles. The van der Waals surface area contributed by atoms with Crippen molar-refractivity contribution in [1.82, 2.24) is 4.90 Å². The van der Waals surface area contributed by atoms with E-state index in [0.29, 0.717) is 11.6 Å². The maximum atomic E-state index is 12.8. The molecular formula is C14H17NO4S2. The van der Waals surface area contributed by atoms with Gasteiger partial charge in [0.15, 0.2) is 4.91 Å². The minimum atomic E-state index is -3.90. The standard InChI is InChI=1S/C14H17NO4S2/c1-15-9-6-10-20-13(15)12(14(16)19-2)21(17,18)11-7-4-3-5-8-11/h3-5,7-8H,6,9-10H2,1-2H3/b13-12+. The molecule has 7 heteroatoms. The summed E-state index contributed by atoms with van der Waals surface area (Å²) in [7, 11) is -0.928. The van der Waals surface area contributed by atoms with Crippen molar-refractivity contribution in [2.75, 3.05) is 26.5 Å². The molecule has 0 spiro atoms. The Bertz CT molecular complexity index is 653. The van der Waals surface area contributed by atoms with Gasteiger partial charge in [-0.2, -0.15) is 0 Å². The summed E-state index contributed by atoms with van der Waals surface area (Å²) < 4.78 is 30.3. The third kappa shape index (κ3) is 3.24. The lowest BCUT2D eigenvalue weighted by molar-refractivity contribution is -0.135. The van der Waals surface area contributed by atoms with Gasteiger partial charge in [0.2, 0.25) is 9.84 Å². The number of hydrogen-bond donors (Lipinski definition) is 0. The molecule has 0 unspecified atom stereocenters.